The van der Waals surface area contributed by atoms with Crippen molar-refractivity contribution in [1.29, 1.82) is 0 Å². The maximum absolute atomic E-state index is 5.52. The lowest BCUT2D eigenvalue weighted by Crippen LogP contribution is -2.47. The molecule has 0 unspecified atom stereocenters. The largest absolute Gasteiger partial charge is 0.308 e. The molecule has 1 aliphatic heterocycles. The summed E-state index contributed by atoms with van der Waals surface area (Å²) in [4.78, 5) is 10.8. The second-order valence-electron chi connectivity index (χ2n) is 5.19. The number of piperazine rings is 1. The first-order valence-corrected chi connectivity index (χ1v) is 6.63. The van der Waals surface area contributed by atoms with Crippen LogP contribution in [0.4, 0.5) is 11.6 Å². The Labute approximate surface area is 114 Å². The van der Waals surface area contributed by atoms with Crippen LogP contribution < -0.4 is 16.7 Å². The van der Waals surface area contributed by atoms with Crippen molar-refractivity contribution in [1.82, 2.24) is 19.9 Å². The highest BCUT2D eigenvalue weighted by Gasteiger charge is 2.18. The minimum atomic E-state index is 0.294. The molecular weight excluding hydrogens is 242 g/mol. The third-order valence-corrected chi connectivity index (χ3v) is 3.37. The van der Waals surface area contributed by atoms with Crippen molar-refractivity contribution < 1.29 is 0 Å². The number of nitrogens with two attached hydrogens (primary N) is 1. The lowest BCUT2D eigenvalue weighted by molar-refractivity contribution is 0.178. The topological polar surface area (TPSA) is 82.3 Å². The van der Waals surface area contributed by atoms with Crippen LogP contribution in [0.25, 0.3) is 0 Å². The number of anilines is 2. The van der Waals surface area contributed by atoms with E-state index in [1.807, 2.05) is 0 Å². The van der Waals surface area contributed by atoms with Gasteiger partial charge in [0.05, 0.1) is 0 Å². The van der Waals surface area contributed by atoms with Crippen molar-refractivity contribution in [3.05, 3.63) is 11.9 Å². The zero-order chi connectivity index (χ0) is 13.8. The van der Waals surface area contributed by atoms with Crippen LogP contribution in [-0.4, -0.2) is 53.1 Å². The molecule has 7 heteroatoms. The molecular formula is C12H23N7. The van der Waals surface area contributed by atoms with E-state index in [2.05, 4.69) is 51.6 Å². The number of nitrogens with zero attached hydrogens (tertiary/aromatic N) is 4. The molecule has 0 aliphatic carbocycles. The van der Waals surface area contributed by atoms with Gasteiger partial charge in [-0.1, -0.05) is 13.8 Å². The van der Waals surface area contributed by atoms with Gasteiger partial charge in [0.15, 0.2) is 0 Å². The highest BCUT2D eigenvalue weighted by atomic mass is 15.5. The van der Waals surface area contributed by atoms with E-state index in [0.29, 0.717) is 11.7 Å². The van der Waals surface area contributed by atoms with Gasteiger partial charge in [0.2, 0.25) is 0 Å². The summed E-state index contributed by atoms with van der Waals surface area (Å²) in [6, 6.07) is 0. The van der Waals surface area contributed by atoms with Gasteiger partial charge >= 0.3 is 0 Å². The monoisotopic (exact) mass is 265 g/mol. The van der Waals surface area contributed by atoms with Gasteiger partial charge in [-0.2, -0.15) is 0 Å². The summed E-state index contributed by atoms with van der Waals surface area (Å²) in [5.74, 6) is 7.33. The fourth-order valence-corrected chi connectivity index (χ4v) is 2.21. The van der Waals surface area contributed by atoms with E-state index in [1.165, 1.54) is 6.33 Å². The summed E-state index contributed by atoms with van der Waals surface area (Å²) in [6.45, 7) is 8.27. The van der Waals surface area contributed by atoms with E-state index in [0.717, 1.165) is 37.6 Å². The Morgan fingerprint density at radius 1 is 1.16 bits per heavy atom. The van der Waals surface area contributed by atoms with Gasteiger partial charge in [0.25, 0.3) is 0 Å². The molecule has 0 bridgehead atoms. The summed E-state index contributed by atoms with van der Waals surface area (Å²) in [5.41, 5.74) is 7.05. The smallest absolute Gasteiger partial charge is 0.149 e. The molecule has 1 aromatic rings. The molecule has 1 fully saturated rings. The van der Waals surface area contributed by atoms with Crippen LogP contribution in [0.1, 0.15) is 25.3 Å². The van der Waals surface area contributed by atoms with Gasteiger partial charge < -0.3 is 15.8 Å². The highest BCUT2D eigenvalue weighted by Crippen LogP contribution is 2.28. The van der Waals surface area contributed by atoms with Crippen molar-refractivity contribution in [2.75, 3.05) is 44.1 Å². The normalized spacial score (nSPS) is 17.7. The molecule has 2 heterocycles. The van der Waals surface area contributed by atoms with Crippen molar-refractivity contribution in [2.24, 2.45) is 5.84 Å². The van der Waals surface area contributed by atoms with Crippen LogP contribution >= 0.6 is 0 Å². The molecule has 19 heavy (non-hydrogen) atoms. The molecule has 0 amide bonds. The molecule has 2 rings (SSSR count). The Morgan fingerprint density at radius 2 is 1.79 bits per heavy atom. The lowest BCUT2D eigenvalue weighted by Gasteiger charge is -2.33. The molecule has 0 atom stereocenters. The Bertz CT molecular complexity index is 413. The lowest BCUT2D eigenvalue weighted by atomic mass is 10.1. The van der Waals surface area contributed by atoms with Crippen LogP contribution in [0.3, 0.4) is 0 Å². The van der Waals surface area contributed by atoms with E-state index < -0.39 is 0 Å². The summed E-state index contributed by atoms with van der Waals surface area (Å²) >= 11 is 0. The van der Waals surface area contributed by atoms with E-state index in [4.69, 9.17) is 5.84 Å². The number of likely N-dealkylation sites (N-methyl/N-ethyl adjacent to an activating group) is 1. The van der Waals surface area contributed by atoms with Crippen molar-refractivity contribution in [3.8, 4) is 0 Å². The van der Waals surface area contributed by atoms with Crippen molar-refractivity contribution in [3.63, 3.8) is 0 Å². The molecule has 4 N–H and O–H groups in total. The highest BCUT2D eigenvalue weighted by molar-refractivity contribution is 5.58. The Kier molecular flexibility index (Phi) is 4.52. The van der Waals surface area contributed by atoms with Gasteiger partial charge in [-0.3, -0.25) is 0 Å². The molecule has 1 saturated heterocycles. The molecule has 0 spiro atoms. The van der Waals surface area contributed by atoms with Crippen LogP contribution in [0.5, 0.6) is 0 Å². The maximum Gasteiger partial charge on any atom is 0.149 e. The Balaban J connectivity index is 2.15. The van der Waals surface area contributed by atoms with Crippen LogP contribution in [0.15, 0.2) is 6.33 Å². The summed E-state index contributed by atoms with van der Waals surface area (Å²) in [7, 11) is 2.14. The third-order valence-electron chi connectivity index (χ3n) is 3.37. The molecule has 0 radical (unpaired) electrons. The van der Waals surface area contributed by atoms with Gasteiger partial charge in [-0.05, 0) is 13.0 Å². The SMILES string of the molecule is CC(C)c1c(NN)ncnc1NN1CCN(C)CC1. The number of nitrogens with one attached hydrogen (secondary N) is 2. The molecule has 1 aliphatic rings. The second kappa shape index (κ2) is 6.14. The number of rotatable bonds is 4. The quantitative estimate of drug-likeness (QED) is 0.539. The number of hydrogen-bond donors (Lipinski definition) is 3. The minimum Gasteiger partial charge on any atom is -0.308 e. The zero-order valence-electron chi connectivity index (χ0n) is 11.8. The fraction of sp³-hybridized carbons (Fsp3) is 0.667. The van der Waals surface area contributed by atoms with Gasteiger partial charge in [0.1, 0.15) is 18.0 Å². The van der Waals surface area contributed by atoms with Crippen molar-refractivity contribution >= 4 is 11.6 Å². The number of aromatic nitrogens is 2. The molecule has 1 aromatic heterocycles. The average Bonchev–Trinajstić information content (AvgIpc) is 2.40. The van der Waals surface area contributed by atoms with Crippen molar-refractivity contribution in [2.45, 2.75) is 19.8 Å². The maximum atomic E-state index is 5.52. The predicted octanol–water partition coefficient (Wildman–Crippen LogP) is 0.460. The van der Waals surface area contributed by atoms with E-state index in [9.17, 15) is 0 Å². The second-order valence-corrected chi connectivity index (χ2v) is 5.19. The summed E-state index contributed by atoms with van der Waals surface area (Å²) in [6.07, 6.45) is 1.53. The first kappa shape index (κ1) is 14.0. The molecule has 7 nitrogen and oxygen atoms in total. The number of hydrogen-bond acceptors (Lipinski definition) is 7. The Hall–Kier alpha value is -1.44. The Morgan fingerprint density at radius 3 is 2.37 bits per heavy atom. The first-order chi connectivity index (χ1) is 9.11. The first-order valence-electron chi connectivity index (χ1n) is 6.63. The van der Waals surface area contributed by atoms with Gasteiger partial charge in [-0.25, -0.2) is 20.8 Å². The van der Waals surface area contributed by atoms with E-state index in [-0.39, 0.29) is 0 Å². The van der Waals surface area contributed by atoms with Crippen LogP contribution in [0.2, 0.25) is 0 Å². The zero-order valence-corrected chi connectivity index (χ0v) is 11.8. The summed E-state index contributed by atoms with van der Waals surface area (Å²) < 4.78 is 0. The van der Waals surface area contributed by atoms with Crippen LogP contribution in [0, 0.1) is 0 Å². The van der Waals surface area contributed by atoms with Crippen LogP contribution in [-0.2, 0) is 0 Å². The van der Waals surface area contributed by atoms with Gasteiger partial charge in [-0.15, -0.1) is 0 Å². The van der Waals surface area contributed by atoms with E-state index in [1.54, 1.807) is 0 Å². The fourth-order valence-electron chi connectivity index (χ4n) is 2.21. The molecule has 0 aromatic carbocycles. The number of nitrogen functional groups attached to an aromatic ring is 1. The number of hydrazine groups is 2. The molecule has 106 valence electrons. The minimum absolute atomic E-state index is 0.294. The standard InChI is InChI=1S/C12H23N7/c1-9(2)10-11(16-13)14-8-15-12(10)17-19-6-4-18(3)5-7-19/h8-9H,4-7,13H2,1-3H3,(H2,14,15,16,17). The molecule has 0 saturated carbocycles. The third kappa shape index (κ3) is 3.31. The average molecular weight is 265 g/mol. The van der Waals surface area contributed by atoms with Gasteiger partial charge in [0, 0.05) is 31.7 Å². The summed E-state index contributed by atoms with van der Waals surface area (Å²) in [5, 5.41) is 2.19. The van der Waals surface area contributed by atoms with E-state index >= 15 is 0 Å². The predicted molar refractivity (Wildman–Crippen MR) is 76.6 cm³/mol.